The summed E-state index contributed by atoms with van der Waals surface area (Å²) in [6.07, 6.45) is 3.46. The number of rotatable bonds is 2. The molecule has 2 aromatic rings. The number of nitrogens with one attached hydrogen (secondary N) is 1. The number of likely N-dealkylation sites (tertiary alicyclic amines) is 1. The van der Waals surface area contributed by atoms with Crippen molar-refractivity contribution in [2.24, 2.45) is 0 Å². The highest BCUT2D eigenvalue weighted by molar-refractivity contribution is 7.71. The maximum Gasteiger partial charge on any atom is 0.242 e. The van der Waals surface area contributed by atoms with Gasteiger partial charge in [-0.25, -0.2) is 0 Å². The first kappa shape index (κ1) is 13.4. The van der Waals surface area contributed by atoms with Crippen molar-refractivity contribution in [3.63, 3.8) is 0 Å². The summed E-state index contributed by atoms with van der Waals surface area (Å²) in [5, 5.41) is 0. The number of piperidine rings is 1. The van der Waals surface area contributed by atoms with Gasteiger partial charge in [0.1, 0.15) is 6.54 Å². The first-order chi connectivity index (χ1) is 9.66. The molecule has 1 N–H and O–H groups in total. The maximum absolute atomic E-state index is 12.4. The minimum absolute atomic E-state index is 0.171. The average molecular weight is 289 g/mol. The van der Waals surface area contributed by atoms with Gasteiger partial charge in [-0.05, 0) is 50.0 Å². The van der Waals surface area contributed by atoms with Gasteiger partial charge in [-0.1, -0.05) is 12.1 Å². The van der Waals surface area contributed by atoms with E-state index in [0.29, 0.717) is 11.3 Å². The van der Waals surface area contributed by atoms with Crippen LogP contribution in [-0.4, -0.2) is 33.4 Å². The van der Waals surface area contributed by atoms with Crippen molar-refractivity contribution in [3.05, 3.63) is 28.5 Å². The molecule has 0 aliphatic carbocycles. The summed E-state index contributed by atoms with van der Waals surface area (Å²) in [6.45, 7) is 4.15. The Hall–Kier alpha value is -1.62. The van der Waals surface area contributed by atoms with Crippen molar-refractivity contribution in [3.8, 4) is 0 Å². The molecule has 1 amide bonds. The largest absolute Gasteiger partial charge is 0.341 e. The molecule has 4 nitrogen and oxygen atoms in total. The Balaban J connectivity index is 1.92. The van der Waals surface area contributed by atoms with E-state index < -0.39 is 0 Å². The molecule has 0 spiro atoms. The monoisotopic (exact) mass is 289 g/mol. The number of carbonyl (C=O) groups excluding carboxylic acids is 1. The Labute approximate surface area is 123 Å². The van der Waals surface area contributed by atoms with Gasteiger partial charge in [0.2, 0.25) is 5.91 Å². The van der Waals surface area contributed by atoms with E-state index in [0.717, 1.165) is 42.5 Å². The number of imidazole rings is 1. The maximum atomic E-state index is 12.4. The van der Waals surface area contributed by atoms with Gasteiger partial charge in [-0.15, -0.1) is 0 Å². The molecular formula is C15H19N3OS. The summed E-state index contributed by atoms with van der Waals surface area (Å²) >= 11 is 5.37. The number of aryl methyl sites for hydroxylation is 1. The number of nitrogens with zero attached hydrogens (tertiary/aromatic N) is 2. The van der Waals surface area contributed by atoms with Gasteiger partial charge >= 0.3 is 0 Å². The minimum atomic E-state index is 0.171. The number of carbonyl (C=O) groups is 1. The van der Waals surface area contributed by atoms with Gasteiger partial charge < -0.3 is 14.5 Å². The van der Waals surface area contributed by atoms with Gasteiger partial charge in [0.15, 0.2) is 4.77 Å². The summed E-state index contributed by atoms with van der Waals surface area (Å²) in [7, 11) is 0. The van der Waals surface area contributed by atoms with Gasteiger partial charge in [-0.2, -0.15) is 0 Å². The number of hydrogen-bond donors (Lipinski definition) is 1. The van der Waals surface area contributed by atoms with Crippen molar-refractivity contribution in [2.75, 3.05) is 13.1 Å². The third-order valence-electron chi connectivity index (χ3n) is 4.00. The smallest absolute Gasteiger partial charge is 0.242 e. The molecule has 1 saturated heterocycles. The normalized spacial score (nSPS) is 15.8. The van der Waals surface area contributed by atoms with Crippen LogP contribution in [0.25, 0.3) is 11.0 Å². The van der Waals surface area contributed by atoms with Gasteiger partial charge in [-0.3, -0.25) is 4.79 Å². The van der Waals surface area contributed by atoms with Gasteiger partial charge in [0.05, 0.1) is 11.0 Å². The zero-order chi connectivity index (χ0) is 14.1. The molecule has 1 aliphatic heterocycles. The summed E-state index contributed by atoms with van der Waals surface area (Å²) in [5.41, 5.74) is 3.19. The summed E-state index contributed by atoms with van der Waals surface area (Å²) in [4.78, 5) is 17.6. The van der Waals surface area contributed by atoms with E-state index in [1.165, 1.54) is 6.42 Å². The van der Waals surface area contributed by atoms with Crippen LogP contribution in [0.15, 0.2) is 18.2 Å². The van der Waals surface area contributed by atoms with Crippen LogP contribution < -0.4 is 0 Å². The van der Waals surface area contributed by atoms with E-state index in [9.17, 15) is 4.79 Å². The molecule has 106 valence electrons. The number of hydrogen-bond acceptors (Lipinski definition) is 2. The Morgan fingerprint density at radius 1 is 1.30 bits per heavy atom. The molecule has 1 aromatic carbocycles. The second-order valence-corrected chi connectivity index (χ2v) is 5.82. The number of amides is 1. The van der Waals surface area contributed by atoms with E-state index in [2.05, 4.69) is 4.98 Å². The Morgan fingerprint density at radius 2 is 2.05 bits per heavy atom. The van der Waals surface area contributed by atoms with Crippen LogP contribution >= 0.6 is 12.2 Å². The summed E-state index contributed by atoms with van der Waals surface area (Å²) in [5.74, 6) is 0.171. The lowest BCUT2D eigenvalue weighted by atomic mass is 10.1. The highest BCUT2D eigenvalue weighted by Gasteiger charge is 2.18. The molecule has 1 aromatic heterocycles. The van der Waals surface area contributed by atoms with Crippen LogP contribution in [0.2, 0.25) is 0 Å². The van der Waals surface area contributed by atoms with E-state index >= 15 is 0 Å². The van der Waals surface area contributed by atoms with Crippen LogP contribution in [0.3, 0.4) is 0 Å². The van der Waals surface area contributed by atoms with Crippen LogP contribution in [0.5, 0.6) is 0 Å². The van der Waals surface area contributed by atoms with Crippen molar-refractivity contribution >= 4 is 29.2 Å². The Morgan fingerprint density at radius 3 is 2.80 bits per heavy atom. The molecule has 0 saturated carbocycles. The number of aromatic nitrogens is 2. The standard InChI is InChI=1S/C15H19N3OS/c1-11-6-5-7-12-14(11)18(15(20)16-12)10-13(19)17-8-3-2-4-9-17/h5-7H,2-4,8-10H2,1H3,(H,16,20). The van der Waals surface area contributed by atoms with Gasteiger partial charge in [0, 0.05) is 13.1 Å². The predicted octanol–water partition coefficient (Wildman–Crippen LogP) is 3.02. The molecule has 1 fully saturated rings. The van der Waals surface area contributed by atoms with Crippen LogP contribution in [0.1, 0.15) is 24.8 Å². The summed E-state index contributed by atoms with van der Waals surface area (Å²) < 4.78 is 2.55. The third-order valence-corrected chi connectivity index (χ3v) is 4.32. The zero-order valence-electron chi connectivity index (χ0n) is 11.7. The molecule has 3 rings (SSSR count). The molecule has 0 atom stereocenters. The third kappa shape index (κ3) is 2.38. The van der Waals surface area contributed by atoms with Crippen LogP contribution in [-0.2, 0) is 11.3 Å². The fourth-order valence-electron chi connectivity index (χ4n) is 2.93. The molecule has 5 heteroatoms. The van der Waals surface area contributed by atoms with Crippen LogP contribution in [0.4, 0.5) is 0 Å². The lowest BCUT2D eigenvalue weighted by molar-refractivity contribution is -0.132. The Kier molecular flexibility index (Phi) is 3.61. The lowest BCUT2D eigenvalue weighted by Gasteiger charge is -2.27. The number of fused-ring (bicyclic) bond motifs is 1. The fraction of sp³-hybridized carbons (Fsp3) is 0.467. The number of para-hydroxylation sites is 1. The molecule has 0 unspecified atom stereocenters. The number of H-pyrrole nitrogens is 1. The van der Waals surface area contributed by atoms with E-state index in [1.807, 2.05) is 34.6 Å². The summed E-state index contributed by atoms with van der Waals surface area (Å²) in [6, 6.07) is 6.05. The average Bonchev–Trinajstić information content (AvgIpc) is 2.77. The fourth-order valence-corrected chi connectivity index (χ4v) is 3.20. The SMILES string of the molecule is Cc1cccc2[nH]c(=S)n(CC(=O)N3CCCCC3)c12. The second kappa shape index (κ2) is 5.40. The molecule has 2 heterocycles. The van der Waals surface area contributed by atoms with E-state index in [1.54, 1.807) is 0 Å². The van der Waals surface area contributed by atoms with Gasteiger partial charge in [0.25, 0.3) is 0 Å². The Bertz CT molecular complexity index is 695. The second-order valence-electron chi connectivity index (χ2n) is 5.43. The topological polar surface area (TPSA) is 41.0 Å². The molecule has 0 radical (unpaired) electrons. The number of aromatic amines is 1. The van der Waals surface area contributed by atoms with Crippen LogP contribution in [0, 0.1) is 11.7 Å². The lowest BCUT2D eigenvalue weighted by Crippen LogP contribution is -2.37. The first-order valence-electron chi connectivity index (χ1n) is 7.13. The van der Waals surface area contributed by atoms with E-state index in [4.69, 9.17) is 12.2 Å². The predicted molar refractivity (Wildman–Crippen MR) is 82.3 cm³/mol. The molecule has 20 heavy (non-hydrogen) atoms. The van der Waals surface area contributed by atoms with E-state index in [-0.39, 0.29) is 5.91 Å². The zero-order valence-corrected chi connectivity index (χ0v) is 12.5. The van der Waals surface area contributed by atoms with Crippen molar-refractivity contribution in [1.82, 2.24) is 14.5 Å². The highest BCUT2D eigenvalue weighted by atomic mass is 32.1. The molecular weight excluding hydrogens is 270 g/mol. The van der Waals surface area contributed by atoms with Crippen molar-refractivity contribution in [2.45, 2.75) is 32.7 Å². The van der Waals surface area contributed by atoms with Crippen molar-refractivity contribution < 1.29 is 4.79 Å². The number of benzene rings is 1. The minimum Gasteiger partial charge on any atom is -0.341 e. The first-order valence-corrected chi connectivity index (χ1v) is 7.53. The van der Waals surface area contributed by atoms with Crippen molar-refractivity contribution in [1.29, 1.82) is 0 Å². The quantitative estimate of drug-likeness (QED) is 0.863. The molecule has 1 aliphatic rings. The molecule has 0 bridgehead atoms. The highest BCUT2D eigenvalue weighted by Crippen LogP contribution is 2.19.